The van der Waals surface area contributed by atoms with E-state index in [2.05, 4.69) is 5.10 Å². The molecule has 1 heterocycles. The molecule has 0 fully saturated rings. The Kier molecular flexibility index (Phi) is 3.38. The first-order valence-electron chi connectivity index (χ1n) is 5.32. The van der Waals surface area contributed by atoms with Crippen LogP contribution in [0.15, 0.2) is 0 Å². The van der Waals surface area contributed by atoms with Crippen molar-refractivity contribution in [1.82, 2.24) is 9.78 Å². The Hall–Kier alpha value is -0.970. The van der Waals surface area contributed by atoms with Gasteiger partial charge in [0.1, 0.15) is 5.54 Å². The van der Waals surface area contributed by atoms with Crippen LogP contribution in [0, 0.1) is 13.8 Å². The fourth-order valence-electron chi connectivity index (χ4n) is 2.05. The van der Waals surface area contributed by atoms with Crippen molar-refractivity contribution in [3.63, 3.8) is 0 Å². The first-order valence-corrected chi connectivity index (χ1v) is 5.32. The van der Waals surface area contributed by atoms with Crippen LogP contribution >= 0.6 is 0 Å². The molecule has 2 N–H and O–H groups in total. The van der Waals surface area contributed by atoms with E-state index in [1.165, 1.54) is 6.92 Å². The SMILES string of the molecule is Cc1nn(C(C)C)c(C)c1C(C)(N)C(F)F. The lowest BCUT2D eigenvalue weighted by Crippen LogP contribution is -2.41. The summed E-state index contributed by atoms with van der Waals surface area (Å²) in [6.45, 7) is 8.76. The monoisotopic (exact) mass is 231 g/mol. The molecule has 0 aromatic carbocycles. The second-order valence-electron chi connectivity index (χ2n) is 4.67. The summed E-state index contributed by atoms with van der Waals surface area (Å²) in [5.74, 6) is 0. The Labute approximate surface area is 94.6 Å². The van der Waals surface area contributed by atoms with Crippen LogP contribution in [0.25, 0.3) is 0 Å². The van der Waals surface area contributed by atoms with Crippen LogP contribution in [0.1, 0.15) is 43.8 Å². The average Bonchev–Trinajstić information content (AvgIpc) is 2.41. The summed E-state index contributed by atoms with van der Waals surface area (Å²) in [5.41, 5.74) is 5.81. The van der Waals surface area contributed by atoms with E-state index in [0.717, 1.165) is 5.69 Å². The first-order chi connectivity index (χ1) is 7.19. The van der Waals surface area contributed by atoms with Crippen molar-refractivity contribution < 1.29 is 8.78 Å². The van der Waals surface area contributed by atoms with Crippen LogP contribution in [0.3, 0.4) is 0 Å². The molecule has 1 aromatic rings. The Morgan fingerprint density at radius 2 is 1.81 bits per heavy atom. The normalized spacial score (nSPS) is 15.9. The zero-order valence-electron chi connectivity index (χ0n) is 10.4. The molecular formula is C11H19F2N3. The minimum Gasteiger partial charge on any atom is -0.317 e. The zero-order valence-corrected chi connectivity index (χ0v) is 10.4. The molecule has 0 radical (unpaired) electrons. The highest BCUT2D eigenvalue weighted by Crippen LogP contribution is 2.31. The quantitative estimate of drug-likeness (QED) is 0.868. The van der Waals surface area contributed by atoms with E-state index in [0.29, 0.717) is 11.3 Å². The molecule has 0 aliphatic carbocycles. The van der Waals surface area contributed by atoms with Crippen LogP contribution in [-0.2, 0) is 5.54 Å². The molecule has 1 atom stereocenters. The van der Waals surface area contributed by atoms with Gasteiger partial charge in [-0.1, -0.05) is 0 Å². The number of rotatable bonds is 3. The van der Waals surface area contributed by atoms with Crippen LogP contribution in [0.2, 0.25) is 0 Å². The molecule has 0 saturated heterocycles. The van der Waals surface area contributed by atoms with E-state index in [4.69, 9.17) is 5.73 Å². The lowest BCUT2D eigenvalue weighted by molar-refractivity contribution is 0.0617. The first kappa shape index (κ1) is 13.1. The molecule has 16 heavy (non-hydrogen) atoms. The van der Waals surface area contributed by atoms with Gasteiger partial charge in [0, 0.05) is 17.3 Å². The summed E-state index contributed by atoms with van der Waals surface area (Å²) in [7, 11) is 0. The molecule has 0 aliphatic heterocycles. The molecule has 5 heteroatoms. The predicted molar refractivity (Wildman–Crippen MR) is 59.6 cm³/mol. The van der Waals surface area contributed by atoms with Crippen LogP contribution in [0.5, 0.6) is 0 Å². The van der Waals surface area contributed by atoms with Crippen LogP contribution < -0.4 is 5.73 Å². The summed E-state index contributed by atoms with van der Waals surface area (Å²) in [5, 5.41) is 4.26. The molecule has 1 unspecified atom stereocenters. The zero-order chi connectivity index (χ0) is 12.7. The number of hydrogen-bond acceptors (Lipinski definition) is 2. The molecule has 3 nitrogen and oxygen atoms in total. The van der Waals surface area contributed by atoms with E-state index < -0.39 is 12.0 Å². The fraction of sp³-hybridized carbons (Fsp3) is 0.727. The number of aryl methyl sites for hydroxylation is 1. The van der Waals surface area contributed by atoms with Gasteiger partial charge in [-0.15, -0.1) is 0 Å². The van der Waals surface area contributed by atoms with Crippen molar-refractivity contribution in [3.05, 3.63) is 17.0 Å². The summed E-state index contributed by atoms with van der Waals surface area (Å²) >= 11 is 0. The maximum Gasteiger partial charge on any atom is 0.260 e. The lowest BCUT2D eigenvalue weighted by atomic mass is 9.92. The Morgan fingerprint density at radius 3 is 2.12 bits per heavy atom. The molecule has 0 spiro atoms. The van der Waals surface area contributed by atoms with E-state index in [-0.39, 0.29) is 6.04 Å². The highest BCUT2D eigenvalue weighted by Gasteiger charge is 2.37. The third-order valence-corrected chi connectivity index (χ3v) is 2.81. The smallest absolute Gasteiger partial charge is 0.260 e. The van der Waals surface area contributed by atoms with E-state index >= 15 is 0 Å². The number of nitrogens with two attached hydrogens (primary N) is 1. The summed E-state index contributed by atoms with van der Waals surface area (Å²) in [4.78, 5) is 0. The van der Waals surface area contributed by atoms with Gasteiger partial charge >= 0.3 is 0 Å². The van der Waals surface area contributed by atoms with E-state index in [9.17, 15) is 8.78 Å². The Bertz CT molecular complexity index is 381. The van der Waals surface area contributed by atoms with E-state index in [1.54, 1.807) is 18.5 Å². The minimum absolute atomic E-state index is 0.140. The standard InChI is InChI=1S/C11H19F2N3/c1-6(2)16-8(4)9(7(3)15-16)11(5,14)10(12)13/h6,10H,14H2,1-5H3. The third-order valence-electron chi connectivity index (χ3n) is 2.81. The number of nitrogens with zero attached hydrogens (tertiary/aromatic N) is 2. The van der Waals surface area contributed by atoms with Gasteiger partial charge in [0.25, 0.3) is 6.43 Å². The van der Waals surface area contributed by atoms with Gasteiger partial charge in [-0.3, -0.25) is 4.68 Å². The summed E-state index contributed by atoms with van der Waals surface area (Å²) < 4.78 is 27.5. The molecule has 0 aliphatic rings. The number of hydrogen-bond donors (Lipinski definition) is 1. The maximum absolute atomic E-state index is 12.9. The lowest BCUT2D eigenvalue weighted by Gasteiger charge is -2.24. The maximum atomic E-state index is 12.9. The molecule has 0 saturated carbocycles. The summed E-state index contributed by atoms with van der Waals surface area (Å²) in [6.07, 6.45) is -2.60. The van der Waals surface area contributed by atoms with Gasteiger partial charge in [0.05, 0.1) is 5.69 Å². The van der Waals surface area contributed by atoms with Crippen LogP contribution in [0.4, 0.5) is 8.78 Å². The van der Waals surface area contributed by atoms with Gasteiger partial charge in [0.2, 0.25) is 0 Å². The molecule has 0 amide bonds. The van der Waals surface area contributed by atoms with E-state index in [1.807, 2.05) is 13.8 Å². The Morgan fingerprint density at radius 1 is 1.31 bits per heavy atom. The number of aromatic nitrogens is 2. The number of alkyl halides is 2. The second kappa shape index (κ2) is 4.13. The van der Waals surface area contributed by atoms with Crippen molar-refractivity contribution in [2.75, 3.05) is 0 Å². The highest BCUT2D eigenvalue weighted by atomic mass is 19.3. The topological polar surface area (TPSA) is 43.8 Å². The molecule has 1 rings (SSSR count). The molecule has 1 aromatic heterocycles. The minimum atomic E-state index is -2.60. The predicted octanol–water partition coefficient (Wildman–Crippen LogP) is 2.52. The van der Waals surface area contributed by atoms with Crippen molar-refractivity contribution in [3.8, 4) is 0 Å². The van der Waals surface area contributed by atoms with Gasteiger partial charge in [-0.05, 0) is 34.6 Å². The highest BCUT2D eigenvalue weighted by molar-refractivity contribution is 5.32. The third kappa shape index (κ3) is 1.96. The second-order valence-corrected chi connectivity index (χ2v) is 4.67. The Balaban J connectivity index is 3.35. The largest absolute Gasteiger partial charge is 0.317 e. The van der Waals surface area contributed by atoms with Crippen LogP contribution in [-0.4, -0.2) is 16.2 Å². The average molecular weight is 231 g/mol. The van der Waals surface area contributed by atoms with Crippen molar-refractivity contribution >= 4 is 0 Å². The van der Waals surface area contributed by atoms with Crippen molar-refractivity contribution in [2.24, 2.45) is 5.73 Å². The fourth-order valence-corrected chi connectivity index (χ4v) is 2.05. The molecule has 0 bridgehead atoms. The molecule has 92 valence electrons. The number of halogens is 2. The van der Waals surface area contributed by atoms with Gasteiger partial charge in [-0.25, -0.2) is 8.78 Å². The van der Waals surface area contributed by atoms with Gasteiger partial charge in [0.15, 0.2) is 0 Å². The van der Waals surface area contributed by atoms with Crippen molar-refractivity contribution in [2.45, 2.75) is 52.6 Å². The van der Waals surface area contributed by atoms with Gasteiger partial charge in [-0.2, -0.15) is 5.10 Å². The van der Waals surface area contributed by atoms with Gasteiger partial charge < -0.3 is 5.73 Å². The van der Waals surface area contributed by atoms with Crippen molar-refractivity contribution in [1.29, 1.82) is 0 Å². The summed E-state index contributed by atoms with van der Waals surface area (Å²) in [6, 6.07) is 0.140. The molecular weight excluding hydrogens is 212 g/mol.